The lowest BCUT2D eigenvalue weighted by Crippen LogP contribution is -2.40. The summed E-state index contributed by atoms with van der Waals surface area (Å²) in [6.07, 6.45) is 2.58. The summed E-state index contributed by atoms with van der Waals surface area (Å²) in [4.78, 5) is 4.98. The molecule has 1 heterocycles. The second-order valence-corrected chi connectivity index (χ2v) is 10.4. The maximum atomic E-state index is 2.58. The molecule has 18 heavy (non-hydrogen) atoms. The fourth-order valence-electron chi connectivity index (χ4n) is 3.12. The summed E-state index contributed by atoms with van der Waals surface area (Å²) in [6, 6.07) is 0. The summed E-state index contributed by atoms with van der Waals surface area (Å²) in [7, 11) is 3.83. The summed E-state index contributed by atoms with van der Waals surface area (Å²) in [5, 5.41) is 0. The standard InChI is InChI=1S/C15H28N2Si/c1-15(2,3)11-10-12(18(6)7)14-13(11)16(4)8-9-17(14)5/h10,12,18H,8-9H2,1-7H3. The molecule has 0 spiro atoms. The summed E-state index contributed by atoms with van der Waals surface area (Å²) in [5.74, 6) is 0. The Morgan fingerprint density at radius 2 is 1.67 bits per heavy atom. The van der Waals surface area contributed by atoms with Crippen LogP contribution in [0.1, 0.15) is 20.8 Å². The molecule has 0 fully saturated rings. The van der Waals surface area contributed by atoms with Gasteiger partial charge in [0.15, 0.2) is 0 Å². The lowest BCUT2D eigenvalue weighted by Gasteiger charge is -2.39. The van der Waals surface area contributed by atoms with Gasteiger partial charge in [-0.05, 0) is 11.0 Å². The van der Waals surface area contributed by atoms with E-state index in [2.05, 4.69) is 63.8 Å². The quantitative estimate of drug-likeness (QED) is 0.672. The number of hydrogen-bond donors (Lipinski definition) is 0. The van der Waals surface area contributed by atoms with Gasteiger partial charge in [0, 0.05) is 47.2 Å². The van der Waals surface area contributed by atoms with Crippen molar-refractivity contribution in [3.63, 3.8) is 0 Å². The molecule has 0 radical (unpaired) electrons. The Morgan fingerprint density at radius 1 is 1.11 bits per heavy atom. The minimum atomic E-state index is -0.696. The van der Waals surface area contributed by atoms with E-state index < -0.39 is 8.80 Å². The molecule has 0 aromatic rings. The fourth-order valence-corrected chi connectivity index (χ4v) is 4.74. The summed E-state index contributed by atoms with van der Waals surface area (Å²) >= 11 is 0. The van der Waals surface area contributed by atoms with Crippen molar-refractivity contribution in [3.8, 4) is 0 Å². The van der Waals surface area contributed by atoms with Gasteiger partial charge in [-0.25, -0.2) is 0 Å². The number of likely N-dealkylation sites (N-methyl/N-ethyl adjacent to an activating group) is 2. The molecule has 102 valence electrons. The average Bonchev–Trinajstić information content (AvgIpc) is 2.64. The molecule has 2 aliphatic rings. The number of allylic oxidation sites excluding steroid dienone is 2. The van der Waals surface area contributed by atoms with E-state index in [-0.39, 0.29) is 5.41 Å². The highest BCUT2D eigenvalue weighted by atomic mass is 28.3. The number of rotatable bonds is 1. The molecule has 0 saturated carbocycles. The van der Waals surface area contributed by atoms with Gasteiger partial charge in [0.05, 0.1) is 5.70 Å². The van der Waals surface area contributed by atoms with Gasteiger partial charge in [-0.1, -0.05) is 39.9 Å². The van der Waals surface area contributed by atoms with Gasteiger partial charge < -0.3 is 9.80 Å². The van der Waals surface area contributed by atoms with Gasteiger partial charge in [0.2, 0.25) is 0 Å². The van der Waals surface area contributed by atoms with Crippen molar-refractivity contribution in [2.45, 2.75) is 39.4 Å². The van der Waals surface area contributed by atoms with Crippen LogP contribution in [0.3, 0.4) is 0 Å². The van der Waals surface area contributed by atoms with Crippen LogP contribution in [0.4, 0.5) is 0 Å². The van der Waals surface area contributed by atoms with Gasteiger partial charge in [0.1, 0.15) is 0 Å². The molecule has 0 N–H and O–H groups in total. The third kappa shape index (κ3) is 2.13. The van der Waals surface area contributed by atoms with E-state index in [1.807, 2.05) is 0 Å². The second-order valence-electron chi connectivity index (χ2n) is 7.18. The smallest absolute Gasteiger partial charge is 0.0596 e. The van der Waals surface area contributed by atoms with Gasteiger partial charge in [-0.3, -0.25) is 0 Å². The zero-order chi connectivity index (χ0) is 13.7. The van der Waals surface area contributed by atoms with Crippen LogP contribution in [0.5, 0.6) is 0 Å². The Morgan fingerprint density at radius 3 is 2.17 bits per heavy atom. The Bertz CT molecular complexity index is 401. The Kier molecular flexibility index (Phi) is 3.39. The van der Waals surface area contributed by atoms with Gasteiger partial charge in [0.25, 0.3) is 0 Å². The SMILES string of the molecule is CN1CCN(C)C2=C1C(C(C)(C)C)=CC2[SiH](C)C. The van der Waals surface area contributed by atoms with Crippen LogP contribution in [-0.2, 0) is 0 Å². The molecule has 0 bridgehead atoms. The highest BCUT2D eigenvalue weighted by Crippen LogP contribution is 2.47. The van der Waals surface area contributed by atoms with E-state index in [0.717, 1.165) is 18.6 Å². The zero-order valence-corrected chi connectivity index (χ0v) is 14.2. The molecule has 0 saturated heterocycles. The van der Waals surface area contributed by atoms with Crippen molar-refractivity contribution in [3.05, 3.63) is 23.0 Å². The normalized spacial score (nSPS) is 24.9. The summed E-state index contributed by atoms with van der Waals surface area (Å²) < 4.78 is 0. The van der Waals surface area contributed by atoms with E-state index in [1.165, 1.54) is 5.70 Å². The first kappa shape index (κ1) is 13.7. The molecule has 1 aliphatic carbocycles. The van der Waals surface area contributed by atoms with Crippen molar-refractivity contribution in [2.24, 2.45) is 5.41 Å². The van der Waals surface area contributed by atoms with E-state index in [4.69, 9.17) is 0 Å². The van der Waals surface area contributed by atoms with Crippen molar-refractivity contribution < 1.29 is 0 Å². The van der Waals surface area contributed by atoms with Crippen molar-refractivity contribution in [1.29, 1.82) is 0 Å². The van der Waals surface area contributed by atoms with Gasteiger partial charge in [-0.15, -0.1) is 0 Å². The minimum Gasteiger partial charge on any atom is -0.374 e. The molecule has 3 heteroatoms. The van der Waals surface area contributed by atoms with Crippen LogP contribution in [0.15, 0.2) is 23.0 Å². The lowest BCUT2D eigenvalue weighted by molar-refractivity contribution is 0.274. The predicted octanol–water partition coefficient (Wildman–Crippen LogP) is 2.92. The first-order valence-corrected chi connectivity index (χ1v) is 10.1. The van der Waals surface area contributed by atoms with E-state index in [0.29, 0.717) is 0 Å². The van der Waals surface area contributed by atoms with Crippen LogP contribution in [0, 0.1) is 5.41 Å². The number of nitrogens with zero attached hydrogens (tertiary/aromatic N) is 2. The topological polar surface area (TPSA) is 6.48 Å². The summed E-state index contributed by atoms with van der Waals surface area (Å²) in [6.45, 7) is 14.3. The molecular formula is C15H28N2Si. The minimum absolute atomic E-state index is 0.255. The van der Waals surface area contributed by atoms with Crippen molar-refractivity contribution in [2.75, 3.05) is 27.2 Å². The fraction of sp³-hybridized carbons (Fsp3) is 0.733. The predicted molar refractivity (Wildman–Crippen MR) is 82.5 cm³/mol. The third-order valence-corrected chi connectivity index (χ3v) is 6.19. The number of hydrogen-bond acceptors (Lipinski definition) is 2. The largest absolute Gasteiger partial charge is 0.374 e. The molecular weight excluding hydrogens is 236 g/mol. The lowest BCUT2D eigenvalue weighted by atomic mass is 9.85. The van der Waals surface area contributed by atoms with Crippen LogP contribution >= 0.6 is 0 Å². The molecule has 1 aliphatic heterocycles. The highest BCUT2D eigenvalue weighted by Gasteiger charge is 2.39. The summed E-state index contributed by atoms with van der Waals surface area (Å²) in [5.41, 5.74) is 5.68. The van der Waals surface area contributed by atoms with E-state index in [9.17, 15) is 0 Å². The van der Waals surface area contributed by atoms with Crippen LogP contribution in [0.2, 0.25) is 18.6 Å². The molecule has 0 amide bonds. The molecule has 2 nitrogen and oxygen atoms in total. The van der Waals surface area contributed by atoms with E-state index in [1.54, 1.807) is 11.3 Å². The first-order valence-electron chi connectivity index (χ1n) is 7.12. The van der Waals surface area contributed by atoms with Crippen LogP contribution in [0.25, 0.3) is 0 Å². The molecule has 0 aromatic heterocycles. The van der Waals surface area contributed by atoms with Gasteiger partial charge >= 0.3 is 0 Å². The monoisotopic (exact) mass is 264 g/mol. The highest BCUT2D eigenvalue weighted by molar-refractivity contribution is 6.59. The molecule has 1 atom stereocenters. The molecule has 1 unspecified atom stereocenters. The van der Waals surface area contributed by atoms with Crippen molar-refractivity contribution in [1.82, 2.24) is 9.80 Å². The van der Waals surface area contributed by atoms with Crippen LogP contribution in [-0.4, -0.2) is 45.8 Å². The third-order valence-electron chi connectivity index (χ3n) is 4.25. The Hall–Kier alpha value is -0.703. The maximum absolute atomic E-state index is 2.58. The van der Waals surface area contributed by atoms with Crippen molar-refractivity contribution >= 4 is 8.80 Å². The average molecular weight is 264 g/mol. The molecule has 2 rings (SSSR count). The first-order chi connectivity index (χ1) is 8.23. The zero-order valence-electron chi connectivity index (χ0n) is 13.0. The Balaban J connectivity index is 2.53. The van der Waals surface area contributed by atoms with Gasteiger partial charge in [-0.2, -0.15) is 0 Å². The van der Waals surface area contributed by atoms with Crippen LogP contribution < -0.4 is 0 Å². The second kappa shape index (κ2) is 4.44. The maximum Gasteiger partial charge on any atom is 0.0596 e. The molecule has 0 aromatic carbocycles. The Labute approximate surface area is 114 Å². The van der Waals surface area contributed by atoms with E-state index >= 15 is 0 Å².